The number of anilines is 1. The minimum Gasteiger partial charge on any atom is -0.317 e. The second-order valence-corrected chi connectivity index (χ2v) is 4.28. The molecular weight excluding hydrogens is 334 g/mol. The molecule has 88 valence electrons. The lowest BCUT2D eigenvalue weighted by Crippen LogP contribution is -2.30. The van der Waals surface area contributed by atoms with E-state index in [9.17, 15) is 18.0 Å². The van der Waals surface area contributed by atoms with E-state index in [0.29, 0.717) is 3.57 Å². The van der Waals surface area contributed by atoms with Crippen molar-refractivity contribution in [1.82, 2.24) is 0 Å². The molecule has 0 aromatic heterocycles. The smallest absolute Gasteiger partial charge is 0.317 e. The van der Waals surface area contributed by atoms with Crippen molar-refractivity contribution < 1.29 is 18.0 Å². The van der Waals surface area contributed by atoms with Crippen LogP contribution in [0.25, 0.3) is 0 Å². The number of benzene rings is 1. The van der Waals surface area contributed by atoms with Crippen molar-refractivity contribution in [3.63, 3.8) is 0 Å². The summed E-state index contributed by atoms with van der Waals surface area (Å²) in [5.74, 6) is -1.95. The van der Waals surface area contributed by atoms with Crippen molar-refractivity contribution >= 4 is 34.2 Å². The highest BCUT2D eigenvalue weighted by Gasteiger charge is 2.38. The van der Waals surface area contributed by atoms with E-state index in [1.807, 2.05) is 34.8 Å². The van der Waals surface area contributed by atoms with Gasteiger partial charge < -0.3 is 5.32 Å². The lowest BCUT2D eigenvalue weighted by molar-refractivity contribution is -0.167. The summed E-state index contributed by atoms with van der Waals surface area (Å²) in [6.45, 7) is 1.94. The summed E-state index contributed by atoms with van der Waals surface area (Å²) in [4.78, 5) is 10.7. The van der Waals surface area contributed by atoms with Crippen molar-refractivity contribution in [2.45, 2.75) is 19.5 Å². The average molecular weight is 343 g/mol. The van der Waals surface area contributed by atoms with Gasteiger partial charge in [-0.2, -0.15) is 13.2 Å². The molecule has 0 unspecified atom stereocenters. The Balaban J connectivity index is 2.87. The number of halogens is 4. The van der Waals surface area contributed by atoms with Crippen LogP contribution in [0.5, 0.6) is 0 Å². The fraction of sp³-hybridized carbons (Fsp3) is 0.300. The van der Waals surface area contributed by atoms with Gasteiger partial charge in [-0.1, -0.05) is 13.0 Å². The maximum Gasteiger partial charge on any atom is 0.471 e. The van der Waals surface area contributed by atoms with Crippen LogP contribution in [0.2, 0.25) is 0 Å². The Labute approximate surface area is 104 Å². The summed E-state index contributed by atoms with van der Waals surface area (Å²) in [6.07, 6.45) is -4.06. The van der Waals surface area contributed by atoms with Crippen LogP contribution in [0, 0.1) is 3.57 Å². The molecule has 0 aliphatic heterocycles. The van der Waals surface area contributed by atoms with Crippen LogP contribution in [0.1, 0.15) is 12.5 Å². The first-order chi connectivity index (χ1) is 7.34. The van der Waals surface area contributed by atoms with Gasteiger partial charge in [0, 0.05) is 3.57 Å². The molecule has 0 spiro atoms. The number of aryl methyl sites for hydroxylation is 1. The van der Waals surface area contributed by atoms with Gasteiger partial charge in [0.15, 0.2) is 0 Å². The Hall–Kier alpha value is -0.790. The highest BCUT2D eigenvalue weighted by molar-refractivity contribution is 14.1. The number of nitrogens with one attached hydrogen (secondary N) is 1. The molecule has 1 aromatic carbocycles. The summed E-state index contributed by atoms with van der Waals surface area (Å²) >= 11 is 1.89. The lowest BCUT2D eigenvalue weighted by Gasteiger charge is -2.10. The van der Waals surface area contributed by atoms with E-state index in [1.54, 1.807) is 12.1 Å². The number of carbonyl (C=O) groups excluding carboxylic acids is 1. The topological polar surface area (TPSA) is 29.1 Å². The van der Waals surface area contributed by atoms with Crippen LogP contribution in [0.4, 0.5) is 18.9 Å². The van der Waals surface area contributed by atoms with E-state index in [0.717, 1.165) is 12.0 Å². The molecule has 0 fully saturated rings. The van der Waals surface area contributed by atoms with Crippen molar-refractivity contribution in [3.8, 4) is 0 Å². The van der Waals surface area contributed by atoms with E-state index in [2.05, 4.69) is 0 Å². The number of rotatable bonds is 2. The summed E-state index contributed by atoms with van der Waals surface area (Å²) < 4.78 is 36.6. The molecule has 0 saturated carbocycles. The molecule has 1 aromatic rings. The Kier molecular flexibility index (Phi) is 4.17. The molecule has 0 atom stereocenters. The molecule has 1 rings (SSSR count). The summed E-state index contributed by atoms with van der Waals surface area (Å²) in [6, 6.07) is 4.91. The van der Waals surface area contributed by atoms with Gasteiger partial charge in [0.05, 0.1) is 5.69 Å². The molecule has 6 heteroatoms. The third kappa shape index (κ3) is 3.36. The van der Waals surface area contributed by atoms with Crippen LogP contribution in [0.3, 0.4) is 0 Å². The maximum absolute atomic E-state index is 12.0. The quantitative estimate of drug-likeness (QED) is 0.820. The van der Waals surface area contributed by atoms with Crippen LogP contribution >= 0.6 is 22.6 Å². The molecule has 0 aliphatic carbocycles. The molecule has 0 heterocycles. The number of alkyl halides is 3. The molecule has 16 heavy (non-hydrogen) atoms. The van der Waals surface area contributed by atoms with Crippen molar-refractivity contribution in [2.75, 3.05) is 5.32 Å². The van der Waals surface area contributed by atoms with Crippen LogP contribution < -0.4 is 5.32 Å². The van der Waals surface area contributed by atoms with Gasteiger partial charge in [-0.25, -0.2) is 0 Å². The van der Waals surface area contributed by atoms with Crippen LogP contribution in [-0.4, -0.2) is 12.1 Å². The first-order valence-electron chi connectivity index (χ1n) is 4.51. The van der Waals surface area contributed by atoms with Gasteiger partial charge in [0.1, 0.15) is 0 Å². The molecule has 1 N–H and O–H groups in total. The number of hydrogen-bond acceptors (Lipinski definition) is 1. The first-order valence-corrected chi connectivity index (χ1v) is 5.59. The van der Waals surface area contributed by atoms with Gasteiger partial charge in [0.2, 0.25) is 0 Å². The second-order valence-electron chi connectivity index (χ2n) is 3.12. The van der Waals surface area contributed by atoms with Crippen LogP contribution in [0.15, 0.2) is 18.2 Å². The molecular formula is C10H9F3INO. The van der Waals surface area contributed by atoms with E-state index in [4.69, 9.17) is 0 Å². The number of carbonyl (C=O) groups is 1. The molecule has 0 saturated heterocycles. The zero-order valence-electron chi connectivity index (χ0n) is 8.36. The Bertz CT molecular complexity index is 404. The first kappa shape index (κ1) is 13.3. The lowest BCUT2D eigenvalue weighted by atomic mass is 10.1. The number of hydrogen-bond donors (Lipinski definition) is 1. The summed E-state index contributed by atoms with van der Waals surface area (Å²) in [7, 11) is 0. The Morgan fingerprint density at radius 2 is 2.06 bits per heavy atom. The van der Waals surface area contributed by atoms with E-state index in [1.165, 1.54) is 6.07 Å². The second kappa shape index (κ2) is 5.03. The van der Waals surface area contributed by atoms with Gasteiger partial charge in [0.25, 0.3) is 0 Å². The van der Waals surface area contributed by atoms with Crippen LogP contribution in [-0.2, 0) is 11.2 Å². The fourth-order valence-electron chi connectivity index (χ4n) is 1.07. The normalized spacial score (nSPS) is 11.3. The largest absolute Gasteiger partial charge is 0.471 e. The molecule has 0 radical (unpaired) electrons. The molecule has 0 bridgehead atoms. The standard InChI is InChI=1S/C10H9F3INO/c1-2-6-3-4-8(7(14)5-6)15-9(16)10(11,12)13/h3-5H,2H2,1H3,(H,15,16). The number of amides is 1. The van der Waals surface area contributed by atoms with Crippen molar-refractivity contribution in [1.29, 1.82) is 0 Å². The zero-order valence-corrected chi connectivity index (χ0v) is 10.5. The van der Waals surface area contributed by atoms with Gasteiger partial charge in [-0.15, -0.1) is 0 Å². The predicted octanol–water partition coefficient (Wildman–Crippen LogP) is 3.35. The monoisotopic (exact) mass is 343 g/mol. The maximum atomic E-state index is 12.0. The van der Waals surface area contributed by atoms with Gasteiger partial charge in [-0.05, 0) is 46.7 Å². The molecule has 2 nitrogen and oxygen atoms in total. The highest BCUT2D eigenvalue weighted by atomic mass is 127. The van der Waals surface area contributed by atoms with E-state index < -0.39 is 12.1 Å². The Morgan fingerprint density at radius 3 is 2.50 bits per heavy atom. The minimum absolute atomic E-state index is 0.181. The van der Waals surface area contributed by atoms with Gasteiger partial charge >= 0.3 is 12.1 Å². The summed E-state index contributed by atoms with van der Waals surface area (Å²) in [5, 5.41) is 1.83. The predicted molar refractivity (Wildman–Crippen MR) is 63.2 cm³/mol. The van der Waals surface area contributed by atoms with Crippen molar-refractivity contribution in [3.05, 3.63) is 27.3 Å². The van der Waals surface area contributed by atoms with E-state index >= 15 is 0 Å². The van der Waals surface area contributed by atoms with E-state index in [-0.39, 0.29) is 5.69 Å². The fourth-order valence-corrected chi connectivity index (χ4v) is 1.79. The zero-order chi connectivity index (χ0) is 12.3. The summed E-state index contributed by atoms with van der Waals surface area (Å²) in [5.41, 5.74) is 1.19. The highest BCUT2D eigenvalue weighted by Crippen LogP contribution is 2.23. The SMILES string of the molecule is CCc1ccc(NC(=O)C(F)(F)F)c(I)c1. The van der Waals surface area contributed by atoms with Crippen molar-refractivity contribution in [2.24, 2.45) is 0 Å². The third-order valence-electron chi connectivity index (χ3n) is 1.95. The Morgan fingerprint density at radius 1 is 1.44 bits per heavy atom. The third-order valence-corrected chi connectivity index (χ3v) is 2.84. The van der Waals surface area contributed by atoms with Gasteiger partial charge in [-0.3, -0.25) is 4.79 Å². The average Bonchev–Trinajstić information content (AvgIpc) is 2.19. The molecule has 1 amide bonds. The minimum atomic E-state index is -4.85. The molecule has 0 aliphatic rings.